The second-order valence-corrected chi connectivity index (χ2v) is 6.37. The predicted molar refractivity (Wildman–Crippen MR) is 85.4 cm³/mol. The summed E-state index contributed by atoms with van der Waals surface area (Å²) in [6.45, 7) is 1.89. The first-order valence-electron chi connectivity index (χ1n) is 8.23. The van der Waals surface area contributed by atoms with Gasteiger partial charge in [0.05, 0.1) is 5.69 Å². The number of benzene rings is 1. The van der Waals surface area contributed by atoms with Crippen LogP contribution in [0, 0.1) is 5.92 Å². The molecule has 22 heavy (non-hydrogen) atoms. The summed E-state index contributed by atoms with van der Waals surface area (Å²) in [6.07, 6.45) is 5.01. The lowest BCUT2D eigenvalue weighted by Gasteiger charge is -2.26. The first-order valence-corrected chi connectivity index (χ1v) is 8.23. The van der Waals surface area contributed by atoms with Gasteiger partial charge in [0, 0.05) is 35.8 Å². The van der Waals surface area contributed by atoms with Crippen LogP contribution in [0.1, 0.15) is 30.5 Å². The van der Waals surface area contributed by atoms with E-state index in [-0.39, 0.29) is 5.92 Å². The van der Waals surface area contributed by atoms with E-state index in [9.17, 15) is 4.79 Å². The fraction of sp³-hybridized carbons (Fsp3) is 0.444. The van der Waals surface area contributed by atoms with Crippen molar-refractivity contribution >= 4 is 5.91 Å². The molecule has 1 atom stereocenters. The Bertz CT molecular complexity index is 671. The molecule has 1 fully saturated rings. The van der Waals surface area contributed by atoms with Gasteiger partial charge < -0.3 is 4.90 Å². The summed E-state index contributed by atoms with van der Waals surface area (Å²) in [7, 11) is 0. The van der Waals surface area contributed by atoms with Gasteiger partial charge in [-0.05, 0) is 32.1 Å². The van der Waals surface area contributed by atoms with Gasteiger partial charge in [-0.15, -0.1) is 0 Å². The van der Waals surface area contributed by atoms with E-state index in [2.05, 4.69) is 27.2 Å². The molecule has 0 saturated carbocycles. The van der Waals surface area contributed by atoms with Gasteiger partial charge in [-0.25, -0.2) is 0 Å². The smallest absolute Gasteiger partial charge is 0.226 e. The minimum Gasteiger partial charge on any atom is -0.342 e. The molecule has 2 aliphatic rings. The molecule has 4 nitrogen and oxygen atoms in total. The number of likely N-dealkylation sites (tertiary alicyclic amines) is 1. The lowest BCUT2D eigenvalue weighted by molar-refractivity contribution is -0.134. The van der Waals surface area contributed by atoms with Gasteiger partial charge in [-0.1, -0.05) is 30.3 Å². The Labute approximate surface area is 130 Å². The zero-order valence-corrected chi connectivity index (χ0v) is 12.7. The monoisotopic (exact) mass is 295 g/mol. The molecule has 4 rings (SSSR count). The van der Waals surface area contributed by atoms with Crippen molar-refractivity contribution in [2.45, 2.75) is 32.1 Å². The average molecular weight is 295 g/mol. The Balaban J connectivity index is 1.60. The highest BCUT2D eigenvalue weighted by atomic mass is 16.2. The predicted octanol–water partition coefficient (Wildman–Crippen LogP) is 2.80. The number of carbonyl (C=O) groups is 1. The van der Waals surface area contributed by atoms with Crippen LogP contribution in [0.4, 0.5) is 0 Å². The number of H-pyrrole nitrogens is 1. The molecule has 0 bridgehead atoms. The van der Waals surface area contributed by atoms with Crippen LogP contribution in [-0.2, 0) is 17.6 Å². The molecule has 114 valence electrons. The molecule has 0 spiro atoms. The number of rotatable bonds is 2. The average Bonchev–Trinajstić information content (AvgIpc) is 3.24. The van der Waals surface area contributed by atoms with Crippen LogP contribution in [0.2, 0.25) is 0 Å². The molecule has 0 unspecified atom stereocenters. The van der Waals surface area contributed by atoms with Crippen molar-refractivity contribution in [1.29, 1.82) is 0 Å². The Morgan fingerprint density at radius 1 is 1.18 bits per heavy atom. The van der Waals surface area contributed by atoms with Gasteiger partial charge in [0.15, 0.2) is 0 Å². The summed E-state index contributed by atoms with van der Waals surface area (Å²) in [5.74, 6) is 0.481. The zero-order valence-electron chi connectivity index (χ0n) is 12.7. The van der Waals surface area contributed by atoms with Crippen LogP contribution < -0.4 is 0 Å². The number of hydrogen-bond acceptors (Lipinski definition) is 2. The molecule has 0 radical (unpaired) electrons. The van der Waals surface area contributed by atoms with E-state index in [0.29, 0.717) is 5.91 Å². The van der Waals surface area contributed by atoms with Gasteiger partial charge in [-0.2, -0.15) is 5.10 Å². The van der Waals surface area contributed by atoms with Crippen molar-refractivity contribution in [3.05, 3.63) is 41.6 Å². The lowest BCUT2D eigenvalue weighted by Crippen LogP contribution is -2.36. The third-order valence-electron chi connectivity index (χ3n) is 4.96. The van der Waals surface area contributed by atoms with E-state index in [0.717, 1.165) is 56.5 Å². The number of aromatic amines is 1. The van der Waals surface area contributed by atoms with E-state index in [1.807, 2.05) is 18.2 Å². The Morgan fingerprint density at radius 3 is 2.73 bits per heavy atom. The molecule has 1 aromatic heterocycles. The number of carbonyl (C=O) groups excluding carboxylic acids is 1. The zero-order chi connectivity index (χ0) is 14.9. The molecule has 1 aromatic carbocycles. The Morgan fingerprint density at radius 2 is 1.95 bits per heavy atom. The van der Waals surface area contributed by atoms with Gasteiger partial charge in [0.1, 0.15) is 0 Å². The quantitative estimate of drug-likeness (QED) is 0.926. The standard InChI is InChI=1S/C18H21N3O/c22-18(21-10-4-5-11-21)14-8-9-16-15(12-14)17(20-19-16)13-6-2-1-3-7-13/h1-3,6-7,14H,4-5,8-12H2,(H,19,20)/t14-/m1/s1. The maximum Gasteiger partial charge on any atom is 0.226 e. The summed E-state index contributed by atoms with van der Waals surface area (Å²) in [6, 6.07) is 10.3. The number of amides is 1. The minimum absolute atomic E-state index is 0.130. The largest absolute Gasteiger partial charge is 0.342 e. The molecule has 2 heterocycles. The van der Waals surface area contributed by atoms with E-state index >= 15 is 0 Å². The topological polar surface area (TPSA) is 49.0 Å². The summed E-state index contributed by atoms with van der Waals surface area (Å²) >= 11 is 0. The Kier molecular flexibility index (Phi) is 3.45. The first kappa shape index (κ1) is 13.6. The number of hydrogen-bond donors (Lipinski definition) is 1. The summed E-state index contributed by atoms with van der Waals surface area (Å²) in [5.41, 5.74) is 4.61. The third kappa shape index (κ3) is 2.32. The van der Waals surface area contributed by atoms with Crippen LogP contribution in [0.5, 0.6) is 0 Å². The van der Waals surface area contributed by atoms with Crippen LogP contribution in [0.25, 0.3) is 11.3 Å². The van der Waals surface area contributed by atoms with Gasteiger partial charge >= 0.3 is 0 Å². The number of fused-ring (bicyclic) bond motifs is 1. The lowest BCUT2D eigenvalue weighted by atomic mass is 9.84. The normalized spacial score (nSPS) is 20.9. The molecule has 4 heteroatoms. The highest BCUT2D eigenvalue weighted by Crippen LogP contribution is 2.33. The van der Waals surface area contributed by atoms with Crippen molar-refractivity contribution in [1.82, 2.24) is 15.1 Å². The van der Waals surface area contributed by atoms with E-state index in [4.69, 9.17) is 0 Å². The second-order valence-electron chi connectivity index (χ2n) is 6.37. The maximum atomic E-state index is 12.7. The van der Waals surface area contributed by atoms with Gasteiger partial charge in [-0.3, -0.25) is 9.89 Å². The number of nitrogens with one attached hydrogen (secondary N) is 1. The minimum atomic E-state index is 0.130. The molecule has 2 aromatic rings. The summed E-state index contributed by atoms with van der Waals surface area (Å²) < 4.78 is 0. The highest BCUT2D eigenvalue weighted by Gasteiger charge is 2.32. The van der Waals surface area contributed by atoms with Gasteiger partial charge in [0.2, 0.25) is 5.91 Å². The number of aromatic nitrogens is 2. The van der Waals surface area contributed by atoms with Crippen molar-refractivity contribution in [3.63, 3.8) is 0 Å². The Hall–Kier alpha value is -2.10. The van der Waals surface area contributed by atoms with Crippen LogP contribution in [-0.4, -0.2) is 34.1 Å². The third-order valence-corrected chi connectivity index (χ3v) is 4.96. The summed E-state index contributed by atoms with van der Waals surface area (Å²) in [5, 5.41) is 7.69. The van der Waals surface area contributed by atoms with Gasteiger partial charge in [0.25, 0.3) is 0 Å². The summed E-state index contributed by atoms with van der Waals surface area (Å²) in [4.78, 5) is 14.7. The van der Waals surface area contributed by atoms with Crippen molar-refractivity contribution < 1.29 is 4.79 Å². The number of nitrogens with zero attached hydrogens (tertiary/aromatic N) is 2. The van der Waals surface area contributed by atoms with E-state index in [1.165, 1.54) is 11.3 Å². The molecule has 1 N–H and O–H groups in total. The highest BCUT2D eigenvalue weighted by molar-refractivity contribution is 5.80. The molecular formula is C18H21N3O. The fourth-order valence-electron chi connectivity index (χ4n) is 3.74. The van der Waals surface area contributed by atoms with Crippen molar-refractivity contribution in [2.24, 2.45) is 5.92 Å². The van der Waals surface area contributed by atoms with Crippen molar-refractivity contribution in [2.75, 3.05) is 13.1 Å². The van der Waals surface area contributed by atoms with Crippen LogP contribution in [0.15, 0.2) is 30.3 Å². The SMILES string of the molecule is O=C([C@@H]1CCc2[nH]nc(-c3ccccc3)c2C1)N1CCCC1. The molecular weight excluding hydrogens is 274 g/mol. The molecule has 1 aliphatic carbocycles. The van der Waals surface area contributed by atoms with Crippen LogP contribution >= 0.6 is 0 Å². The second kappa shape index (κ2) is 5.59. The van der Waals surface area contributed by atoms with Crippen molar-refractivity contribution in [3.8, 4) is 11.3 Å². The van der Waals surface area contributed by atoms with E-state index in [1.54, 1.807) is 0 Å². The molecule has 1 amide bonds. The van der Waals surface area contributed by atoms with Crippen LogP contribution in [0.3, 0.4) is 0 Å². The number of aryl methyl sites for hydroxylation is 1. The maximum absolute atomic E-state index is 12.7. The molecule has 1 saturated heterocycles. The fourth-order valence-corrected chi connectivity index (χ4v) is 3.74. The first-order chi connectivity index (χ1) is 10.8. The molecule has 1 aliphatic heterocycles. The van der Waals surface area contributed by atoms with E-state index < -0.39 is 0 Å².